The Morgan fingerprint density at radius 1 is 1.19 bits per heavy atom. The number of nitrogens with zero attached hydrogens (tertiary/aromatic N) is 3. The lowest BCUT2D eigenvalue weighted by Crippen LogP contribution is -2.25. The van der Waals surface area contributed by atoms with Crippen LogP contribution >= 0.6 is 11.6 Å². The van der Waals surface area contributed by atoms with E-state index in [0.29, 0.717) is 22.8 Å². The Morgan fingerprint density at radius 2 is 2.04 bits per heavy atom. The van der Waals surface area contributed by atoms with E-state index in [-0.39, 0.29) is 0 Å². The average molecular weight is 367 g/mol. The van der Waals surface area contributed by atoms with Crippen molar-refractivity contribution < 1.29 is 4.74 Å². The molecule has 6 heteroatoms. The number of aromatic nitrogens is 2. The second-order valence-electron chi connectivity index (χ2n) is 6.26. The van der Waals surface area contributed by atoms with Crippen LogP contribution in [-0.4, -0.2) is 23.1 Å². The average Bonchev–Trinajstić information content (AvgIpc) is 2.98. The lowest BCUT2D eigenvalue weighted by molar-refractivity contribution is 0.415. The summed E-state index contributed by atoms with van der Waals surface area (Å²) in [5.74, 6) is 2.04. The van der Waals surface area contributed by atoms with Gasteiger partial charge in [-0.2, -0.15) is 4.98 Å². The molecule has 2 heterocycles. The predicted molar refractivity (Wildman–Crippen MR) is 105 cm³/mol. The normalized spacial score (nSPS) is 15.7. The third kappa shape index (κ3) is 3.06. The maximum Gasteiger partial charge on any atom is 0.229 e. The van der Waals surface area contributed by atoms with Gasteiger partial charge < -0.3 is 15.0 Å². The van der Waals surface area contributed by atoms with Crippen LogP contribution in [0.2, 0.25) is 5.02 Å². The van der Waals surface area contributed by atoms with Crippen molar-refractivity contribution in [2.45, 2.75) is 19.4 Å². The first-order valence-corrected chi connectivity index (χ1v) is 8.84. The Bertz CT molecular complexity index is 947. The van der Waals surface area contributed by atoms with Crippen LogP contribution in [0.1, 0.15) is 12.5 Å². The minimum absolute atomic E-state index is 0.352. The van der Waals surface area contributed by atoms with E-state index in [0.717, 1.165) is 17.9 Å². The van der Waals surface area contributed by atoms with Crippen molar-refractivity contribution >= 4 is 34.7 Å². The number of benzene rings is 2. The number of para-hydroxylation sites is 1. The molecule has 4 rings (SSSR count). The maximum atomic E-state index is 6.19. The molecule has 0 fully saturated rings. The van der Waals surface area contributed by atoms with E-state index in [1.54, 1.807) is 19.4 Å². The minimum Gasteiger partial charge on any atom is -0.495 e. The summed E-state index contributed by atoms with van der Waals surface area (Å²) in [5, 5.41) is 3.75. The number of fused-ring (bicyclic) bond motifs is 1. The number of nitrogens with one attached hydrogen (secondary N) is 1. The highest BCUT2D eigenvalue weighted by Crippen LogP contribution is 2.37. The third-order valence-electron chi connectivity index (χ3n) is 4.50. The van der Waals surface area contributed by atoms with Crippen molar-refractivity contribution in [2.75, 3.05) is 17.3 Å². The highest BCUT2D eigenvalue weighted by atomic mass is 35.5. The molecular weight excluding hydrogens is 348 g/mol. The first-order valence-electron chi connectivity index (χ1n) is 8.46. The number of hydrogen-bond donors (Lipinski definition) is 1. The monoisotopic (exact) mass is 366 g/mol. The van der Waals surface area contributed by atoms with Gasteiger partial charge in [-0.3, -0.25) is 0 Å². The molecular formula is C20H19ClN4O. The Morgan fingerprint density at radius 3 is 2.85 bits per heavy atom. The molecule has 1 atom stereocenters. The molecule has 2 aromatic carbocycles. The molecule has 132 valence electrons. The molecule has 1 aliphatic rings. The zero-order chi connectivity index (χ0) is 18.1. The third-order valence-corrected chi connectivity index (χ3v) is 4.80. The summed E-state index contributed by atoms with van der Waals surface area (Å²) in [7, 11) is 1.59. The van der Waals surface area contributed by atoms with Crippen LogP contribution < -0.4 is 15.0 Å². The van der Waals surface area contributed by atoms with Crippen molar-refractivity contribution in [3.63, 3.8) is 0 Å². The number of anilines is 4. The lowest BCUT2D eigenvalue weighted by atomic mass is 10.1. The quantitative estimate of drug-likeness (QED) is 0.706. The molecule has 0 bridgehead atoms. The predicted octanol–water partition coefficient (Wildman–Crippen LogP) is 4.96. The van der Waals surface area contributed by atoms with Gasteiger partial charge >= 0.3 is 0 Å². The Labute approximate surface area is 157 Å². The smallest absolute Gasteiger partial charge is 0.229 e. The number of methoxy groups -OCH3 is 1. The van der Waals surface area contributed by atoms with E-state index in [4.69, 9.17) is 21.3 Å². The summed E-state index contributed by atoms with van der Waals surface area (Å²) in [6.07, 6.45) is 2.78. The molecule has 0 spiro atoms. The summed E-state index contributed by atoms with van der Waals surface area (Å²) >= 11 is 6.19. The Hall–Kier alpha value is -2.79. The van der Waals surface area contributed by atoms with E-state index in [9.17, 15) is 0 Å². The van der Waals surface area contributed by atoms with Crippen LogP contribution in [0, 0.1) is 0 Å². The van der Waals surface area contributed by atoms with E-state index in [1.165, 1.54) is 11.3 Å². The summed E-state index contributed by atoms with van der Waals surface area (Å²) in [6.45, 7) is 2.21. The molecule has 0 saturated carbocycles. The molecule has 26 heavy (non-hydrogen) atoms. The summed E-state index contributed by atoms with van der Waals surface area (Å²) < 4.78 is 5.18. The van der Waals surface area contributed by atoms with Gasteiger partial charge in [0.25, 0.3) is 0 Å². The van der Waals surface area contributed by atoms with E-state index < -0.39 is 0 Å². The molecule has 1 unspecified atom stereocenters. The van der Waals surface area contributed by atoms with Crippen LogP contribution in [0.3, 0.4) is 0 Å². The highest BCUT2D eigenvalue weighted by Gasteiger charge is 2.27. The van der Waals surface area contributed by atoms with Gasteiger partial charge in [0, 0.05) is 23.6 Å². The number of halogens is 1. The van der Waals surface area contributed by atoms with Crippen molar-refractivity contribution in [1.29, 1.82) is 0 Å². The largest absolute Gasteiger partial charge is 0.495 e. The molecule has 0 aliphatic carbocycles. The molecule has 0 amide bonds. The second-order valence-corrected chi connectivity index (χ2v) is 6.67. The minimum atomic E-state index is 0.352. The maximum absolute atomic E-state index is 6.19. The first-order chi connectivity index (χ1) is 12.7. The van der Waals surface area contributed by atoms with Gasteiger partial charge in [0.2, 0.25) is 5.95 Å². The Balaban J connectivity index is 1.62. The molecule has 5 nitrogen and oxygen atoms in total. The second kappa shape index (κ2) is 6.84. The Kier molecular flexibility index (Phi) is 4.39. The van der Waals surface area contributed by atoms with Gasteiger partial charge in [0.05, 0.1) is 12.1 Å². The van der Waals surface area contributed by atoms with Gasteiger partial charge in [-0.25, -0.2) is 4.98 Å². The van der Waals surface area contributed by atoms with Crippen molar-refractivity contribution in [1.82, 2.24) is 9.97 Å². The highest BCUT2D eigenvalue weighted by molar-refractivity contribution is 6.32. The zero-order valence-corrected chi connectivity index (χ0v) is 15.4. The van der Waals surface area contributed by atoms with E-state index >= 15 is 0 Å². The zero-order valence-electron chi connectivity index (χ0n) is 14.6. The van der Waals surface area contributed by atoms with Crippen LogP contribution in [0.15, 0.2) is 54.7 Å². The van der Waals surface area contributed by atoms with Gasteiger partial charge in [0.15, 0.2) is 0 Å². The first kappa shape index (κ1) is 16.7. The fourth-order valence-corrected chi connectivity index (χ4v) is 3.59. The fourth-order valence-electron chi connectivity index (χ4n) is 3.33. The summed E-state index contributed by atoms with van der Waals surface area (Å²) in [4.78, 5) is 11.3. The van der Waals surface area contributed by atoms with Gasteiger partial charge in [-0.15, -0.1) is 0 Å². The molecule has 0 radical (unpaired) electrons. The lowest BCUT2D eigenvalue weighted by Gasteiger charge is -2.24. The topological polar surface area (TPSA) is 50.3 Å². The molecule has 3 aromatic rings. The van der Waals surface area contributed by atoms with Crippen molar-refractivity contribution in [3.05, 3.63) is 65.3 Å². The van der Waals surface area contributed by atoms with Gasteiger partial charge in [-0.1, -0.05) is 29.8 Å². The van der Waals surface area contributed by atoms with Crippen LogP contribution in [0.5, 0.6) is 5.75 Å². The van der Waals surface area contributed by atoms with Crippen LogP contribution in [0.25, 0.3) is 0 Å². The summed E-state index contributed by atoms with van der Waals surface area (Å²) in [6, 6.07) is 16.2. The molecule has 1 aromatic heterocycles. The van der Waals surface area contributed by atoms with E-state index in [1.807, 2.05) is 18.2 Å². The van der Waals surface area contributed by atoms with Crippen LogP contribution in [0.4, 0.5) is 23.1 Å². The molecule has 1 aliphatic heterocycles. The summed E-state index contributed by atoms with van der Waals surface area (Å²) in [5.41, 5.74) is 3.36. The SMILES string of the molecule is COc1ccc(Nc2nccc(N3c4ccccc4CC3C)n2)cc1Cl. The van der Waals surface area contributed by atoms with Crippen molar-refractivity contribution in [3.8, 4) is 5.75 Å². The van der Waals surface area contributed by atoms with Gasteiger partial charge in [0.1, 0.15) is 11.6 Å². The standard InChI is InChI=1S/C20H19ClN4O/c1-13-11-14-5-3-4-6-17(14)25(13)19-9-10-22-20(24-19)23-15-7-8-18(26-2)16(21)12-15/h3-10,12-13H,11H2,1-2H3,(H,22,23,24). The van der Waals surface area contributed by atoms with Crippen LogP contribution in [-0.2, 0) is 6.42 Å². The number of hydrogen-bond acceptors (Lipinski definition) is 5. The fraction of sp³-hybridized carbons (Fsp3) is 0.200. The van der Waals surface area contributed by atoms with Crippen molar-refractivity contribution in [2.24, 2.45) is 0 Å². The van der Waals surface area contributed by atoms with Gasteiger partial charge in [-0.05, 0) is 49.2 Å². The number of ether oxygens (including phenoxy) is 1. The molecule has 0 saturated heterocycles. The molecule has 1 N–H and O–H groups in total. The number of rotatable bonds is 4. The van der Waals surface area contributed by atoms with E-state index in [2.05, 4.69) is 46.4 Å².